The molecule has 4 bridgehead atoms. The number of hydrogen-bond donors (Lipinski definition) is 3. The highest BCUT2D eigenvalue weighted by atomic mass is 35.5. The third kappa shape index (κ3) is 13.9. The summed E-state index contributed by atoms with van der Waals surface area (Å²) in [6.45, 7) is 11.5. The Morgan fingerprint density at radius 2 is 0.946 bits per heavy atom. The molecule has 6 fully saturated rings. The van der Waals surface area contributed by atoms with E-state index in [1.807, 2.05) is 53.9 Å². The molecule has 20 heteroatoms. The molecule has 3 N–H and O–H groups in total. The molecular weight excluding hydrogens is 1060 g/mol. The van der Waals surface area contributed by atoms with Crippen LogP contribution in [0.5, 0.6) is 0 Å². The lowest BCUT2D eigenvalue weighted by Crippen LogP contribution is -2.62. The summed E-state index contributed by atoms with van der Waals surface area (Å²) in [5.41, 5.74) is 1.96. The van der Waals surface area contributed by atoms with Crippen LogP contribution < -0.4 is 9.80 Å². The third-order valence-electron chi connectivity index (χ3n) is 15.9. The van der Waals surface area contributed by atoms with Crippen molar-refractivity contribution in [1.82, 2.24) is 18.4 Å². The molecule has 2 aromatic heterocycles. The van der Waals surface area contributed by atoms with E-state index in [4.69, 9.17) is 23.2 Å². The van der Waals surface area contributed by atoms with E-state index in [0.717, 1.165) is 80.5 Å². The summed E-state index contributed by atoms with van der Waals surface area (Å²) < 4.78 is 71.9. The maximum Gasteiger partial charge on any atom is 0.252 e. The van der Waals surface area contributed by atoms with Crippen molar-refractivity contribution in [2.24, 2.45) is 0 Å². The fraction of sp³-hybridized carbons (Fsp3) is 0.630. The number of aliphatic hydroxyl groups excluding tert-OH is 1. The Hall–Kier alpha value is -2.43. The number of piperidine rings is 4. The van der Waals surface area contributed by atoms with Crippen molar-refractivity contribution in [1.29, 1.82) is 0 Å². The number of halogens is 3. The van der Waals surface area contributed by atoms with Gasteiger partial charge in [-0.1, -0.05) is 56.7 Å². The van der Waals surface area contributed by atoms with Crippen LogP contribution in [0, 0.1) is 0 Å². The van der Waals surface area contributed by atoms with E-state index in [-0.39, 0.29) is 43.0 Å². The number of alkyl halides is 3. The molecule has 6 saturated heterocycles. The summed E-state index contributed by atoms with van der Waals surface area (Å²) in [4.78, 5) is 9.69. The Bertz CT molecular complexity index is 2380. The summed E-state index contributed by atoms with van der Waals surface area (Å²) in [5.74, 6) is 0. The molecule has 2 aromatic carbocycles. The number of anilines is 2. The highest BCUT2D eigenvalue weighted by Gasteiger charge is 2.44. The second-order valence-electron chi connectivity index (χ2n) is 21.7. The third-order valence-corrected chi connectivity index (χ3v) is 22.4. The summed E-state index contributed by atoms with van der Waals surface area (Å²) >= 11 is 12.1. The van der Waals surface area contributed by atoms with Gasteiger partial charge in [0.15, 0.2) is 0 Å². The van der Waals surface area contributed by atoms with Crippen LogP contribution in [0.25, 0.3) is 0 Å². The summed E-state index contributed by atoms with van der Waals surface area (Å²) in [5, 5.41) is 34.9. The Labute approximate surface area is 459 Å². The zero-order valence-electron chi connectivity index (χ0n) is 42.6. The molecule has 0 saturated carbocycles. The van der Waals surface area contributed by atoms with Crippen LogP contribution in [0.4, 0.5) is 15.8 Å². The summed E-state index contributed by atoms with van der Waals surface area (Å²) in [6, 6.07) is 24.1. The number of benzene rings is 2. The first-order chi connectivity index (χ1) is 34.7. The Balaban J connectivity index is 0.000000203. The molecule has 13 nitrogen and oxygen atoms in total. The Kier molecular flexibility index (Phi) is 20.1. The number of rotatable bonds is 12. The molecule has 8 heterocycles. The number of nitrogens with zero attached hydrogens (tertiary/aromatic N) is 6. The van der Waals surface area contributed by atoms with Gasteiger partial charge < -0.3 is 25.1 Å². The normalized spacial score (nSPS) is 27.5. The van der Waals surface area contributed by atoms with E-state index >= 15 is 0 Å². The van der Waals surface area contributed by atoms with Crippen molar-refractivity contribution in [2.75, 3.05) is 67.5 Å². The Morgan fingerprint density at radius 1 is 0.595 bits per heavy atom. The van der Waals surface area contributed by atoms with E-state index in [9.17, 15) is 36.5 Å². The standard InChI is InChI=1S/C26H36FN3O3S2.C26H37N3O4S2.CH2Cl2.CH4/c1-26(2,31)19-8-10-21(11-9-19)29-13-12-28(35(32,33)25-7-4-14-34-25)17-24(29)18-30-22-5-3-6-23(30)16-20(27)15-22;1-26(2,31)19-8-10-20(11-9-19)28-13-12-27(35(32,33)25-7-4-14-34-25)17-23(28)18-29-21-5-3-6-22(29)16-24(30)15-21;2-1-3;/h4,7-11,14,20,22-24,31H,3,5-6,12-13,15-18H2,1-2H3;4,7-11,14,21-24,30-31H,3,5-6,12-13,15-18H2,1-2H3;1H2;1H4/t20?,22?,23?,24-;21?,22?,23-,24?;;/m11../s1. The first-order valence-corrected chi connectivity index (χ1v) is 31.6. The van der Waals surface area contributed by atoms with Crippen molar-refractivity contribution >= 4 is 77.3 Å². The predicted octanol–water partition coefficient (Wildman–Crippen LogP) is 9.50. The number of thiophene rings is 2. The molecule has 0 radical (unpaired) electrons. The van der Waals surface area contributed by atoms with Crippen LogP contribution in [0.3, 0.4) is 0 Å². The SMILES string of the molecule is C.CC(C)(O)c1ccc(N2CCN(S(=O)(=O)c3cccs3)C[C@@H]2CN2C3CCCC2CC(F)C3)cc1.CC(C)(O)c1ccc(N2CCN(S(=O)(=O)c3cccs3)C[C@@H]2CN2C3CCCC2CC(O)C3)cc1.ClCCl. The second kappa shape index (κ2) is 25.1. The van der Waals surface area contributed by atoms with Crippen molar-refractivity contribution in [2.45, 2.75) is 167 Å². The molecule has 0 amide bonds. The lowest BCUT2D eigenvalue weighted by molar-refractivity contribution is -0.0306. The number of fused-ring (bicyclic) bond motifs is 4. The van der Waals surface area contributed by atoms with Gasteiger partial charge in [0.2, 0.25) is 0 Å². The van der Waals surface area contributed by atoms with E-state index in [2.05, 4.69) is 19.6 Å². The minimum absolute atomic E-state index is 0. The maximum atomic E-state index is 14.4. The fourth-order valence-electron chi connectivity index (χ4n) is 12.2. The predicted molar refractivity (Wildman–Crippen MR) is 301 cm³/mol. The lowest BCUT2D eigenvalue weighted by Gasteiger charge is -2.51. The van der Waals surface area contributed by atoms with E-state index in [1.165, 1.54) is 29.1 Å². The van der Waals surface area contributed by atoms with Crippen molar-refractivity contribution in [3.63, 3.8) is 0 Å². The zero-order chi connectivity index (χ0) is 52.3. The number of aliphatic hydroxyl groups is 3. The molecule has 10 rings (SSSR count). The quantitative estimate of drug-likeness (QED) is 0.117. The molecular formula is C54H79Cl2FN6O7S4. The number of sulfonamides is 2. The topological polar surface area (TPSA) is 148 Å². The van der Waals surface area contributed by atoms with Gasteiger partial charge in [-0.3, -0.25) is 9.80 Å². The molecule has 6 aliphatic heterocycles. The highest BCUT2D eigenvalue weighted by Crippen LogP contribution is 2.39. The van der Waals surface area contributed by atoms with Crippen molar-refractivity contribution in [3.8, 4) is 0 Å². The number of piperazine rings is 2. The molecule has 74 heavy (non-hydrogen) atoms. The minimum Gasteiger partial charge on any atom is -0.393 e. The van der Waals surface area contributed by atoms with Gasteiger partial charge in [0.25, 0.3) is 20.0 Å². The van der Waals surface area contributed by atoms with Gasteiger partial charge >= 0.3 is 0 Å². The van der Waals surface area contributed by atoms with Crippen LogP contribution in [0.15, 0.2) is 92.0 Å². The van der Waals surface area contributed by atoms with Crippen LogP contribution in [0.2, 0.25) is 0 Å². The van der Waals surface area contributed by atoms with Crippen LogP contribution in [-0.2, 0) is 31.2 Å². The van der Waals surface area contributed by atoms with Gasteiger partial charge in [0.1, 0.15) is 14.6 Å². The van der Waals surface area contributed by atoms with Gasteiger partial charge in [-0.05, 0) is 137 Å². The van der Waals surface area contributed by atoms with Gasteiger partial charge in [-0.2, -0.15) is 8.61 Å². The number of hydrogen-bond acceptors (Lipinski definition) is 13. The van der Waals surface area contributed by atoms with E-state index in [1.54, 1.807) is 66.0 Å². The molecule has 6 atom stereocenters. The molecule has 0 aliphatic carbocycles. The van der Waals surface area contributed by atoms with Gasteiger partial charge in [0, 0.05) is 87.9 Å². The van der Waals surface area contributed by atoms with Gasteiger partial charge in [0.05, 0.1) is 34.7 Å². The smallest absolute Gasteiger partial charge is 0.252 e. The lowest BCUT2D eigenvalue weighted by atomic mass is 9.82. The van der Waals surface area contributed by atoms with E-state index in [0.29, 0.717) is 72.6 Å². The van der Waals surface area contributed by atoms with Crippen LogP contribution >= 0.6 is 45.9 Å². The average molecular weight is 1140 g/mol. The molecule has 0 spiro atoms. The monoisotopic (exact) mass is 1140 g/mol. The van der Waals surface area contributed by atoms with Gasteiger partial charge in [-0.25, -0.2) is 21.2 Å². The van der Waals surface area contributed by atoms with E-state index < -0.39 is 37.4 Å². The molecule has 412 valence electrons. The first kappa shape index (κ1) is 59.2. The highest BCUT2D eigenvalue weighted by molar-refractivity contribution is 7.91. The summed E-state index contributed by atoms with van der Waals surface area (Å²) in [6.07, 6.45) is 8.39. The summed E-state index contributed by atoms with van der Waals surface area (Å²) in [7, 11) is -7.06. The average Bonchev–Trinajstić information content (AvgIpc) is 4.10. The largest absolute Gasteiger partial charge is 0.393 e. The van der Waals surface area contributed by atoms with Gasteiger partial charge in [-0.15, -0.1) is 45.9 Å². The maximum absolute atomic E-state index is 14.4. The Morgan fingerprint density at radius 3 is 1.27 bits per heavy atom. The first-order valence-electron chi connectivity index (χ1n) is 25.9. The minimum atomic E-state index is -3.54. The second-order valence-corrected chi connectivity index (χ2v) is 28.7. The molecule has 4 aromatic rings. The molecule has 6 aliphatic rings. The zero-order valence-corrected chi connectivity index (χ0v) is 47.3. The van der Waals surface area contributed by atoms with Crippen molar-refractivity contribution in [3.05, 3.63) is 94.7 Å². The fourth-order valence-corrected chi connectivity index (χ4v) is 17.4. The van der Waals surface area contributed by atoms with Crippen LogP contribution in [0.1, 0.15) is 110 Å². The molecule has 4 unspecified atom stereocenters. The van der Waals surface area contributed by atoms with Crippen LogP contribution in [-0.4, -0.2) is 157 Å². The van der Waals surface area contributed by atoms with Crippen molar-refractivity contribution < 1.29 is 36.5 Å².